The van der Waals surface area contributed by atoms with Crippen molar-refractivity contribution in [2.45, 2.75) is 32.9 Å². The van der Waals surface area contributed by atoms with Gasteiger partial charge >= 0.3 is 0 Å². The summed E-state index contributed by atoms with van der Waals surface area (Å²) in [6.07, 6.45) is 3.88. The maximum atomic E-state index is 12.4. The van der Waals surface area contributed by atoms with Gasteiger partial charge in [-0.15, -0.1) is 0 Å². The van der Waals surface area contributed by atoms with Gasteiger partial charge in [0.25, 0.3) is 0 Å². The van der Waals surface area contributed by atoms with Gasteiger partial charge in [0.05, 0.1) is 6.54 Å². The van der Waals surface area contributed by atoms with Crippen molar-refractivity contribution < 1.29 is 14.4 Å². The van der Waals surface area contributed by atoms with Crippen LogP contribution in [0.1, 0.15) is 19.2 Å². The fraction of sp³-hybridized carbons (Fsp3) is 0.600. The molecule has 1 aromatic heterocycles. The van der Waals surface area contributed by atoms with E-state index in [1.807, 2.05) is 17.7 Å². The maximum absolute atomic E-state index is 12.4. The molecule has 126 valence electrons. The van der Waals surface area contributed by atoms with Gasteiger partial charge in [-0.05, 0) is 6.92 Å². The summed E-state index contributed by atoms with van der Waals surface area (Å²) in [7, 11) is 1.53. The van der Waals surface area contributed by atoms with Crippen LogP contribution in [0.2, 0.25) is 0 Å². The van der Waals surface area contributed by atoms with Crippen molar-refractivity contribution in [1.29, 1.82) is 0 Å². The van der Waals surface area contributed by atoms with E-state index in [0.717, 1.165) is 5.82 Å². The van der Waals surface area contributed by atoms with Gasteiger partial charge in [0, 0.05) is 52.4 Å². The minimum atomic E-state index is -0.620. The third-order valence-electron chi connectivity index (χ3n) is 4.18. The molecule has 1 aromatic rings. The first-order chi connectivity index (χ1) is 10.9. The monoisotopic (exact) mass is 321 g/mol. The quantitative estimate of drug-likeness (QED) is 0.801. The number of nitrogens with zero attached hydrogens (tertiary/aromatic N) is 4. The van der Waals surface area contributed by atoms with Crippen LogP contribution in [-0.2, 0) is 20.9 Å². The lowest BCUT2D eigenvalue weighted by molar-refractivity contribution is -0.147. The number of amides is 3. The predicted octanol–water partition coefficient (Wildman–Crippen LogP) is -0.613. The Labute approximate surface area is 135 Å². The molecular formula is C15H23N5O3. The summed E-state index contributed by atoms with van der Waals surface area (Å²) >= 11 is 0. The number of aromatic nitrogens is 2. The van der Waals surface area contributed by atoms with Gasteiger partial charge in [-0.2, -0.15) is 0 Å². The normalized spacial score (nSPS) is 18.0. The molecule has 1 unspecified atom stereocenters. The number of piperazine rings is 1. The lowest BCUT2D eigenvalue weighted by Gasteiger charge is -2.40. The van der Waals surface area contributed by atoms with Gasteiger partial charge in [-0.1, -0.05) is 0 Å². The van der Waals surface area contributed by atoms with Crippen LogP contribution in [0.15, 0.2) is 12.4 Å². The Balaban J connectivity index is 1.97. The standard InChI is InChI=1S/C15H23N5O3/c1-11-17-5-7-18(11)6-4-14(22)19-8-9-20(12(2)21)13(10-19)15(23)16-3/h5,7,13H,4,6,8-10H2,1-3H3,(H,16,23). The SMILES string of the molecule is CNC(=O)C1CN(C(=O)CCn2ccnc2C)CCN1C(C)=O. The van der Waals surface area contributed by atoms with Gasteiger partial charge in [0.1, 0.15) is 11.9 Å². The molecular weight excluding hydrogens is 298 g/mol. The van der Waals surface area contributed by atoms with Gasteiger partial charge in [-0.3, -0.25) is 14.4 Å². The fourth-order valence-electron chi connectivity index (χ4n) is 2.79. The van der Waals surface area contributed by atoms with Gasteiger partial charge < -0.3 is 19.7 Å². The smallest absolute Gasteiger partial charge is 0.244 e. The second-order valence-electron chi connectivity index (χ2n) is 5.60. The Morgan fingerprint density at radius 2 is 2.09 bits per heavy atom. The van der Waals surface area contributed by atoms with E-state index in [4.69, 9.17) is 0 Å². The Morgan fingerprint density at radius 3 is 2.65 bits per heavy atom. The van der Waals surface area contributed by atoms with Crippen LogP contribution in [0.25, 0.3) is 0 Å². The van der Waals surface area contributed by atoms with Gasteiger partial charge in [-0.25, -0.2) is 4.98 Å². The third-order valence-corrected chi connectivity index (χ3v) is 4.18. The summed E-state index contributed by atoms with van der Waals surface area (Å²) in [5.41, 5.74) is 0. The largest absolute Gasteiger partial charge is 0.357 e. The Kier molecular flexibility index (Phi) is 5.36. The average molecular weight is 321 g/mol. The highest BCUT2D eigenvalue weighted by Crippen LogP contribution is 2.12. The number of hydrogen-bond acceptors (Lipinski definition) is 4. The van der Waals surface area contributed by atoms with Crippen LogP contribution in [0.5, 0.6) is 0 Å². The van der Waals surface area contributed by atoms with Crippen molar-refractivity contribution >= 4 is 17.7 Å². The maximum Gasteiger partial charge on any atom is 0.244 e. The minimum absolute atomic E-state index is 0.0183. The Morgan fingerprint density at radius 1 is 1.35 bits per heavy atom. The first kappa shape index (κ1) is 17.0. The van der Waals surface area contributed by atoms with Crippen molar-refractivity contribution in [3.63, 3.8) is 0 Å². The average Bonchev–Trinajstić information content (AvgIpc) is 2.96. The summed E-state index contributed by atoms with van der Waals surface area (Å²) in [5, 5.41) is 2.56. The van der Waals surface area contributed by atoms with E-state index in [-0.39, 0.29) is 24.3 Å². The van der Waals surface area contributed by atoms with Crippen LogP contribution in [0.3, 0.4) is 0 Å². The van der Waals surface area contributed by atoms with Crippen LogP contribution >= 0.6 is 0 Å². The van der Waals surface area contributed by atoms with E-state index >= 15 is 0 Å². The molecule has 2 heterocycles. The zero-order valence-corrected chi connectivity index (χ0v) is 13.8. The second kappa shape index (κ2) is 7.26. The molecule has 0 bridgehead atoms. The van der Waals surface area contributed by atoms with E-state index in [2.05, 4.69) is 10.3 Å². The number of likely N-dealkylation sites (N-methyl/N-ethyl adjacent to an activating group) is 1. The number of hydrogen-bond donors (Lipinski definition) is 1. The zero-order chi connectivity index (χ0) is 17.0. The van der Waals surface area contributed by atoms with Crippen molar-refractivity contribution in [2.24, 2.45) is 0 Å². The Hall–Kier alpha value is -2.38. The molecule has 0 aromatic carbocycles. The molecule has 0 saturated carbocycles. The molecule has 0 radical (unpaired) electrons. The molecule has 2 rings (SSSR count). The second-order valence-corrected chi connectivity index (χ2v) is 5.60. The van der Waals surface area contributed by atoms with Crippen LogP contribution in [0, 0.1) is 6.92 Å². The molecule has 1 aliphatic heterocycles. The van der Waals surface area contributed by atoms with Gasteiger partial charge in [0.2, 0.25) is 17.7 Å². The van der Waals surface area contributed by atoms with Crippen molar-refractivity contribution in [3.8, 4) is 0 Å². The number of nitrogens with one attached hydrogen (secondary N) is 1. The number of carbonyl (C=O) groups excluding carboxylic acids is 3. The van der Waals surface area contributed by atoms with Crippen LogP contribution in [-0.4, -0.2) is 69.8 Å². The van der Waals surface area contributed by atoms with Gasteiger partial charge in [0.15, 0.2) is 0 Å². The Bertz CT molecular complexity index is 598. The van der Waals surface area contributed by atoms with Crippen molar-refractivity contribution in [3.05, 3.63) is 18.2 Å². The third kappa shape index (κ3) is 3.88. The van der Waals surface area contributed by atoms with Crippen molar-refractivity contribution in [2.75, 3.05) is 26.7 Å². The molecule has 3 amide bonds. The summed E-state index contributed by atoms with van der Waals surface area (Å²) in [6.45, 7) is 4.95. The first-order valence-electron chi connectivity index (χ1n) is 7.68. The molecule has 23 heavy (non-hydrogen) atoms. The fourth-order valence-corrected chi connectivity index (χ4v) is 2.79. The molecule has 8 nitrogen and oxygen atoms in total. The van der Waals surface area contributed by atoms with E-state index in [1.54, 1.807) is 11.1 Å². The molecule has 1 N–H and O–H groups in total. The predicted molar refractivity (Wildman–Crippen MR) is 83.4 cm³/mol. The summed E-state index contributed by atoms with van der Waals surface area (Å²) in [4.78, 5) is 43.3. The minimum Gasteiger partial charge on any atom is -0.357 e. The van der Waals surface area contributed by atoms with Crippen LogP contribution < -0.4 is 5.32 Å². The molecule has 1 fully saturated rings. The number of carbonyl (C=O) groups is 3. The van der Waals surface area contributed by atoms with Crippen molar-refractivity contribution in [1.82, 2.24) is 24.7 Å². The highest BCUT2D eigenvalue weighted by atomic mass is 16.2. The highest BCUT2D eigenvalue weighted by molar-refractivity contribution is 5.88. The van der Waals surface area contributed by atoms with E-state index < -0.39 is 6.04 Å². The summed E-state index contributed by atoms with van der Waals surface area (Å²) < 4.78 is 1.92. The molecule has 0 aliphatic carbocycles. The topological polar surface area (TPSA) is 87.5 Å². The highest BCUT2D eigenvalue weighted by Gasteiger charge is 2.34. The van der Waals surface area contributed by atoms with Crippen LogP contribution in [0.4, 0.5) is 0 Å². The van der Waals surface area contributed by atoms with E-state index in [0.29, 0.717) is 26.1 Å². The number of imidazole rings is 1. The number of rotatable bonds is 4. The lowest BCUT2D eigenvalue weighted by Crippen LogP contribution is -2.60. The molecule has 0 spiro atoms. The summed E-state index contributed by atoms with van der Waals surface area (Å²) in [6, 6.07) is -0.620. The molecule has 1 saturated heterocycles. The lowest BCUT2D eigenvalue weighted by atomic mass is 10.1. The van der Waals surface area contributed by atoms with E-state index in [1.165, 1.54) is 18.9 Å². The molecule has 1 atom stereocenters. The van der Waals surface area contributed by atoms with E-state index in [9.17, 15) is 14.4 Å². The first-order valence-corrected chi connectivity index (χ1v) is 7.68. The number of aryl methyl sites for hydroxylation is 2. The molecule has 1 aliphatic rings. The summed E-state index contributed by atoms with van der Waals surface area (Å²) in [5.74, 6) is 0.445. The zero-order valence-electron chi connectivity index (χ0n) is 13.8. The molecule has 8 heteroatoms.